The van der Waals surface area contributed by atoms with Crippen LogP contribution in [0.15, 0.2) is 36.4 Å². The second-order valence-electron chi connectivity index (χ2n) is 6.96. The van der Waals surface area contributed by atoms with Gasteiger partial charge in [-0.15, -0.1) is 0 Å². The molecule has 2 aromatic carbocycles. The summed E-state index contributed by atoms with van der Waals surface area (Å²) < 4.78 is 5.25. The highest BCUT2D eigenvalue weighted by molar-refractivity contribution is 6.46. The first-order chi connectivity index (χ1) is 12.0. The second-order valence-corrected chi connectivity index (χ2v) is 8.15. The van der Waals surface area contributed by atoms with Gasteiger partial charge in [-0.2, -0.15) is 0 Å². The molecule has 0 aliphatic carbocycles. The minimum atomic E-state index is -0.992. The fraction of sp³-hybridized carbons (Fsp3) is 0.300. The van der Waals surface area contributed by atoms with Crippen LogP contribution in [0, 0.1) is 0 Å². The Morgan fingerprint density at radius 1 is 0.923 bits per heavy atom. The first-order valence-electron chi connectivity index (χ1n) is 8.01. The van der Waals surface area contributed by atoms with Crippen molar-refractivity contribution in [3.05, 3.63) is 68.2 Å². The Morgan fingerprint density at radius 3 is 2.00 bits per heavy atom. The molecule has 6 heteroatoms. The fourth-order valence-corrected chi connectivity index (χ4v) is 3.04. The quantitative estimate of drug-likeness (QED) is 0.332. The molecule has 0 spiro atoms. The van der Waals surface area contributed by atoms with E-state index >= 15 is 0 Å². The molecule has 0 radical (unpaired) electrons. The molecular weight excluding hydrogens is 395 g/mol. The molecule has 0 heterocycles. The maximum Gasteiger partial charge on any atom is 0.341 e. The summed E-state index contributed by atoms with van der Waals surface area (Å²) in [5, 5.41) is 0.289. The van der Waals surface area contributed by atoms with E-state index in [4.69, 9.17) is 39.5 Å². The Morgan fingerprint density at radius 2 is 1.46 bits per heavy atom. The molecule has 0 aliphatic rings. The molecule has 0 bridgehead atoms. The van der Waals surface area contributed by atoms with Crippen molar-refractivity contribution >= 4 is 46.6 Å². The van der Waals surface area contributed by atoms with Crippen LogP contribution in [0.2, 0.25) is 15.1 Å². The van der Waals surface area contributed by atoms with Gasteiger partial charge in [-0.1, -0.05) is 79.8 Å². The van der Waals surface area contributed by atoms with Crippen molar-refractivity contribution < 1.29 is 14.3 Å². The second kappa shape index (κ2) is 7.99. The van der Waals surface area contributed by atoms with Crippen LogP contribution in [0.5, 0.6) is 0 Å². The Bertz CT molecular complexity index is 837. The van der Waals surface area contributed by atoms with Crippen molar-refractivity contribution in [2.75, 3.05) is 0 Å². The lowest BCUT2D eigenvalue weighted by atomic mass is 9.86. The third-order valence-corrected chi connectivity index (χ3v) is 5.06. The zero-order valence-electron chi connectivity index (χ0n) is 14.9. The SMILES string of the molecule is C[C@H](OC(=O)c1c(Cl)ccc(Cl)c1Cl)C(=O)c1ccc(C(C)(C)C)cc1. The summed E-state index contributed by atoms with van der Waals surface area (Å²) in [7, 11) is 0. The maximum atomic E-state index is 12.5. The Labute approximate surface area is 168 Å². The van der Waals surface area contributed by atoms with Gasteiger partial charge in [0.25, 0.3) is 0 Å². The van der Waals surface area contributed by atoms with Gasteiger partial charge >= 0.3 is 5.97 Å². The van der Waals surface area contributed by atoms with Gasteiger partial charge in [-0.3, -0.25) is 4.79 Å². The summed E-state index contributed by atoms with van der Waals surface area (Å²) in [5.41, 5.74) is 1.50. The number of esters is 1. The molecule has 2 rings (SSSR count). The van der Waals surface area contributed by atoms with Crippen molar-refractivity contribution in [1.29, 1.82) is 0 Å². The molecule has 0 amide bonds. The van der Waals surface area contributed by atoms with E-state index in [0.29, 0.717) is 5.56 Å². The molecule has 138 valence electrons. The normalized spacial score (nSPS) is 12.6. The molecule has 0 aliphatic heterocycles. The molecule has 26 heavy (non-hydrogen) atoms. The highest BCUT2D eigenvalue weighted by Gasteiger charge is 2.25. The van der Waals surface area contributed by atoms with Gasteiger partial charge < -0.3 is 4.74 Å². The molecule has 0 saturated carbocycles. The molecule has 0 fully saturated rings. The van der Waals surface area contributed by atoms with Gasteiger partial charge in [0.1, 0.15) is 0 Å². The molecule has 3 nitrogen and oxygen atoms in total. The van der Waals surface area contributed by atoms with E-state index in [9.17, 15) is 9.59 Å². The van der Waals surface area contributed by atoms with Crippen molar-refractivity contribution in [2.24, 2.45) is 0 Å². The van der Waals surface area contributed by atoms with Gasteiger partial charge in [0, 0.05) is 5.56 Å². The lowest BCUT2D eigenvalue weighted by Crippen LogP contribution is -2.25. The van der Waals surface area contributed by atoms with Gasteiger partial charge in [-0.25, -0.2) is 4.79 Å². The minimum absolute atomic E-state index is 0.00153. The zero-order valence-corrected chi connectivity index (χ0v) is 17.2. The van der Waals surface area contributed by atoms with Crippen molar-refractivity contribution in [2.45, 2.75) is 39.2 Å². The zero-order chi connectivity index (χ0) is 19.6. The van der Waals surface area contributed by atoms with E-state index in [2.05, 4.69) is 20.8 Å². The van der Waals surface area contributed by atoms with Gasteiger partial charge in [0.15, 0.2) is 6.10 Å². The molecule has 0 N–H and O–H groups in total. The van der Waals surface area contributed by atoms with E-state index in [1.165, 1.54) is 19.1 Å². The van der Waals surface area contributed by atoms with E-state index in [1.807, 2.05) is 12.1 Å². The van der Waals surface area contributed by atoms with E-state index < -0.39 is 12.1 Å². The van der Waals surface area contributed by atoms with E-state index in [0.717, 1.165) is 5.56 Å². The smallest absolute Gasteiger partial charge is 0.341 e. The van der Waals surface area contributed by atoms with Crippen molar-refractivity contribution in [3.63, 3.8) is 0 Å². The van der Waals surface area contributed by atoms with Crippen LogP contribution >= 0.6 is 34.8 Å². The van der Waals surface area contributed by atoms with Gasteiger partial charge in [-0.05, 0) is 30.0 Å². The predicted molar refractivity (Wildman–Crippen MR) is 106 cm³/mol. The highest BCUT2D eigenvalue weighted by Crippen LogP contribution is 2.32. The first-order valence-corrected chi connectivity index (χ1v) is 9.15. The number of hydrogen-bond donors (Lipinski definition) is 0. The third kappa shape index (κ3) is 4.59. The lowest BCUT2D eigenvalue weighted by Gasteiger charge is -2.19. The van der Waals surface area contributed by atoms with Crippen LogP contribution < -0.4 is 0 Å². The molecule has 2 aromatic rings. The van der Waals surface area contributed by atoms with E-state index in [1.54, 1.807) is 12.1 Å². The number of ether oxygens (including phenoxy) is 1. The fourth-order valence-electron chi connectivity index (χ4n) is 2.36. The van der Waals surface area contributed by atoms with Gasteiger partial charge in [0.05, 0.1) is 20.6 Å². The summed E-state index contributed by atoms with van der Waals surface area (Å²) in [6, 6.07) is 10.2. The summed E-state index contributed by atoms with van der Waals surface area (Å²) in [6.45, 7) is 7.77. The molecular formula is C20H19Cl3O3. The minimum Gasteiger partial charge on any atom is -0.451 e. The van der Waals surface area contributed by atoms with Crippen LogP contribution in [0.25, 0.3) is 0 Å². The number of Topliss-reactive ketones (excluding diaryl/α,β-unsaturated/α-hetero) is 1. The largest absolute Gasteiger partial charge is 0.451 e. The van der Waals surface area contributed by atoms with E-state index in [-0.39, 0.29) is 31.8 Å². The van der Waals surface area contributed by atoms with Crippen LogP contribution in [0.1, 0.15) is 54.0 Å². The topological polar surface area (TPSA) is 43.4 Å². The number of benzene rings is 2. The van der Waals surface area contributed by atoms with Crippen molar-refractivity contribution in [3.8, 4) is 0 Å². The third-order valence-electron chi connectivity index (χ3n) is 3.94. The number of rotatable bonds is 4. The molecule has 0 unspecified atom stereocenters. The summed E-state index contributed by atoms with van der Waals surface area (Å²) >= 11 is 18.0. The number of hydrogen-bond acceptors (Lipinski definition) is 3. The average Bonchev–Trinajstić information content (AvgIpc) is 2.57. The lowest BCUT2D eigenvalue weighted by molar-refractivity contribution is 0.0319. The summed E-state index contributed by atoms with van der Waals surface area (Å²) in [6.07, 6.45) is -0.992. The van der Waals surface area contributed by atoms with Crippen LogP contribution in [-0.2, 0) is 10.2 Å². The number of ketones is 1. The average molecular weight is 414 g/mol. The van der Waals surface area contributed by atoms with Gasteiger partial charge in [0.2, 0.25) is 5.78 Å². The Kier molecular flexibility index (Phi) is 6.38. The summed E-state index contributed by atoms with van der Waals surface area (Å²) in [5.74, 6) is -1.11. The molecule has 0 saturated heterocycles. The van der Waals surface area contributed by atoms with Crippen LogP contribution in [0.3, 0.4) is 0 Å². The van der Waals surface area contributed by atoms with Crippen molar-refractivity contribution in [1.82, 2.24) is 0 Å². The summed E-state index contributed by atoms with van der Waals surface area (Å²) in [4.78, 5) is 24.9. The first kappa shape index (κ1) is 20.8. The number of carbonyl (C=O) groups excluding carboxylic acids is 2. The molecule has 0 aromatic heterocycles. The van der Waals surface area contributed by atoms with Crippen LogP contribution in [-0.4, -0.2) is 17.9 Å². The standard InChI is InChI=1S/C20H19Cl3O3/c1-11(18(24)12-5-7-13(8-6-12)20(2,3)4)26-19(25)16-14(21)9-10-15(22)17(16)23/h5-11H,1-4H3/t11-/m0/s1. The number of carbonyl (C=O) groups is 2. The Hall–Kier alpha value is -1.55. The highest BCUT2D eigenvalue weighted by atomic mass is 35.5. The Balaban J connectivity index is 2.17. The molecule has 1 atom stereocenters. The van der Waals surface area contributed by atoms with Crippen LogP contribution in [0.4, 0.5) is 0 Å². The maximum absolute atomic E-state index is 12.5. The predicted octanol–water partition coefficient (Wildman–Crippen LogP) is 6.37. The number of halogens is 3. The monoisotopic (exact) mass is 412 g/mol.